The fraction of sp³-hybridized carbons (Fsp3) is 0.161. The van der Waals surface area contributed by atoms with Gasteiger partial charge in [-0.05, 0) is 73.5 Å². The number of fused-ring (bicyclic) bond motifs is 3. The predicted octanol–water partition coefficient (Wildman–Crippen LogP) is 7.08. The van der Waals surface area contributed by atoms with Crippen LogP contribution in [0.2, 0.25) is 5.02 Å². The number of hydrogen-bond donors (Lipinski definition) is 1. The first-order valence-electron chi connectivity index (χ1n) is 12.7. The van der Waals surface area contributed by atoms with Gasteiger partial charge in [0.15, 0.2) is 0 Å². The van der Waals surface area contributed by atoms with Gasteiger partial charge in [0.2, 0.25) is 0 Å². The van der Waals surface area contributed by atoms with Crippen LogP contribution < -0.4 is 10.1 Å². The summed E-state index contributed by atoms with van der Waals surface area (Å²) in [6, 6.07) is 26.9. The number of amides is 2. The Morgan fingerprint density at radius 2 is 1.74 bits per heavy atom. The zero-order valence-corrected chi connectivity index (χ0v) is 22.7. The van der Waals surface area contributed by atoms with Crippen molar-refractivity contribution < 1.29 is 9.53 Å². The molecule has 3 aromatic carbocycles. The molecule has 0 radical (unpaired) electrons. The molecule has 0 spiro atoms. The van der Waals surface area contributed by atoms with E-state index in [1.165, 1.54) is 0 Å². The van der Waals surface area contributed by atoms with Crippen molar-refractivity contribution in [3.05, 3.63) is 124 Å². The molecular weight excluding hydrogens is 510 g/mol. The quantitative estimate of drug-likeness (QED) is 0.266. The Kier molecular flexibility index (Phi) is 6.37. The number of benzene rings is 3. The highest BCUT2D eigenvalue weighted by atomic mass is 35.5. The average Bonchev–Trinajstić information content (AvgIpc) is 3.52. The van der Waals surface area contributed by atoms with Gasteiger partial charge in [0.05, 0.1) is 36.8 Å². The third kappa shape index (κ3) is 4.34. The van der Waals surface area contributed by atoms with E-state index in [1.54, 1.807) is 7.11 Å². The highest BCUT2D eigenvalue weighted by Crippen LogP contribution is 2.39. The molecule has 1 aliphatic rings. The molecule has 0 saturated heterocycles. The Morgan fingerprint density at radius 1 is 0.974 bits per heavy atom. The molecule has 39 heavy (non-hydrogen) atoms. The number of anilines is 1. The van der Waals surface area contributed by atoms with Gasteiger partial charge in [0.25, 0.3) is 0 Å². The molecule has 5 aromatic rings. The zero-order valence-electron chi connectivity index (χ0n) is 21.9. The van der Waals surface area contributed by atoms with Crippen molar-refractivity contribution >= 4 is 23.3 Å². The van der Waals surface area contributed by atoms with Crippen LogP contribution in [-0.4, -0.2) is 32.4 Å². The number of carbonyl (C=O) groups excluding carboxylic acids is 1. The lowest BCUT2D eigenvalue weighted by atomic mass is 10.0. The number of aryl methyl sites for hydroxylation is 1. The largest absolute Gasteiger partial charge is 0.497 e. The minimum Gasteiger partial charge on any atom is -0.497 e. The van der Waals surface area contributed by atoms with Gasteiger partial charge in [-0.1, -0.05) is 48.0 Å². The fourth-order valence-corrected chi connectivity index (χ4v) is 5.39. The molecule has 7 nitrogen and oxygen atoms in total. The number of para-hydroxylation sites is 1. The first-order chi connectivity index (χ1) is 19.0. The molecule has 6 rings (SSSR count). The van der Waals surface area contributed by atoms with Crippen LogP contribution in [0, 0.1) is 13.8 Å². The van der Waals surface area contributed by atoms with Crippen LogP contribution in [0.25, 0.3) is 11.5 Å². The van der Waals surface area contributed by atoms with E-state index < -0.39 is 0 Å². The molecule has 0 unspecified atom stereocenters. The van der Waals surface area contributed by atoms with E-state index in [9.17, 15) is 4.79 Å². The van der Waals surface area contributed by atoms with Gasteiger partial charge in [-0.25, -0.2) is 9.48 Å². The molecule has 1 N–H and O–H groups in total. The predicted molar refractivity (Wildman–Crippen MR) is 153 cm³/mol. The summed E-state index contributed by atoms with van der Waals surface area (Å²) in [7, 11) is 1.65. The van der Waals surface area contributed by atoms with E-state index in [1.807, 2.05) is 108 Å². The summed E-state index contributed by atoms with van der Waals surface area (Å²) in [6.07, 6.45) is 2.04. The topological polar surface area (TPSA) is 64.3 Å². The summed E-state index contributed by atoms with van der Waals surface area (Å²) in [4.78, 5) is 16.0. The molecule has 1 atom stereocenters. The minimum absolute atomic E-state index is 0.228. The van der Waals surface area contributed by atoms with E-state index in [0.717, 1.165) is 45.3 Å². The van der Waals surface area contributed by atoms with Crippen molar-refractivity contribution in [2.24, 2.45) is 0 Å². The number of aromatic nitrogens is 3. The van der Waals surface area contributed by atoms with Crippen molar-refractivity contribution in [1.29, 1.82) is 0 Å². The summed E-state index contributed by atoms with van der Waals surface area (Å²) in [6.45, 7) is 4.25. The summed E-state index contributed by atoms with van der Waals surface area (Å²) in [5.41, 5.74) is 6.21. The number of rotatable bonds is 4. The summed E-state index contributed by atoms with van der Waals surface area (Å²) in [5, 5.41) is 8.64. The van der Waals surface area contributed by atoms with E-state index >= 15 is 0 Å². The molecule has 2 amide bonds. The van der Waals surface area contributed by atoms with E-state index in [-0.39, 0.29) is 12.1 Å². The Balaban J connectivity index is 1.53. The van der Waals surface area contributed by atoms with Gasteiger partial charge in [0.1, 0.15) is 11.6 Å². The number of nitrogens with zero attached hydrogens (tertiary/aromatic N) is 4. The first kappa shape index (κ1) is 24.8. The van der Waals surface area contributed by atoms with Gasteiger partial charge < -0.3 is 19.5 Å². The Morgan fingerprint density at radius 3 is 2.49 bits per heavy atom. The second-order valence-corrected chi connectivity index (χ2v) is 9.99. The molecule has 0 aliphatic carbocycles. The van der Waals surface area contributed by atoms with Crippen LogP contribution in [0.5, 0.6) is 5.75 Å². The number of nitrogens with one attached hydrogen (secondary N) is 1. The number of carbonyl (C=O) groups is 1. The number of ether oxygens (including phenoxy) is 1. The highest BCUT2D eigenvalue weighted by molar-refractivity contribution is 6.31. The lowest BCUT2D eigenvalue weighted by Crippen LogP contribution is -2.38. The molecule has 0 bridgehead atoms. The Labute approximate surface area is 232 Å². The third-order valence-corrected chi connectivity index (χ3v) is 7.70. The second kappa shape index (κ2) is 10.0. The SMILES string of the molecule is COc1ccc([C@H]2c3cccn3-c3c(c(C)nn3-c3ccccc3)CN2C(=O)Nc2cccc(Cl)c2C)cc1. The van der Waals surface area contributed by atoms with Crippen molar-refractivity contribution in [3.8, 4) is 17.3 Å². The highest BCUT2D eigenvalue weighted by Gasteiger charge is 2.36. The molecule has 1 aliphatic heterocycles. The molecule has 3 heterocycles. The molecule has 2 aromatic heterocycles. The van der Waals surface area contributed by atoms with E-state index in [4.69, 9.17) is 21.4 Å². The smallest absolute Gasteiger partial charge is 0.322 e. The van der Waals surface area contributed by atoms with Crippen molar-refractivity contribution in [2.75, 3.05) is 12.4 Å². The van der Waals surface area contributed by atoms with Crippen LogP contribution in [0.15, 0.2) is 91.1 Å². The number of urea groups is 1. The summed E-state index contributed by atoms with van der Waals surface area (Å²) in [5.74, 6) is 1.68. The molecule has 196 valence electrons. The van der Waals surface area contributed by atoms with Crippen molar-refractivity contribution in [2.45, 2.75) is 26.4 Å². The van der Waals surface area contributed by atoms with Gasteiger partial charge in [-0.2, -0.15) is 5.10 Å². The first-order valence-corrected chi connectivity index (χ1v) is 13.1. The second-order valence-electron chi connectivity index (χ2n) is 9.58. The van der Waals surface area contributed by atoms with Crippen LogP contribution in [0.4, 0.5) is 10.5 Å². The number of methoxy groups -OCH3 is 1. The Hall–Kier alpha value is -4.49. The monoisotopic (exact) mass is 537 g/mol. The van der Waals surface area contributed by atoms with Crippen LogP contribution >= 0.6 is 11.6 Å². The average molecular weight is 538 g/mol. The number of halogens is 1. The van der Waals surface area contributed by atoms with Crippen LogP contribution in [-0.2, 0) is 6.54 Å². The van der Waals surface area contributed by atoms with Gasteiger partial charge >= 0.3 is 6.03 Å². The maximum absolute atomic E-state index is 14.1. The third-order valence-electron chi connectivity index (χ3n) is 7.29. The normalized spacial score (nSPS) is 14.4. The van der Waals surface area contributed by atoms with E-state index in [0.29, 0.717) is 17.3 Å². The molecule has 8 heteroatoms. The standard InChI is InChI=1S/C31H28ClN5O2/c1-20-26(32)11-7-12-27(20)33-31(38)36-19-25-21(2)34-37(23-9-5-4-6-10-23)30(25)35-18-8-13-28(35)29(36)22-14-16-24(39-3)17-15-22/h4-18,29H,19H2,1-3H3,(H,33,38)/t29-/m0/s1. The minimum atomic E-state index is -0.374. The van der Waals surface area contributed by atoms with Crippen LogP contribution in [0.1, 0.15) is 34.1 Å². The molecular formula is C31H28ClN5O2. The fourth-order valence-electron chi connectivity index (χ4n) is 5.22. The maximum Gasteiger partial charge on any atom is 0.322 e. The molecule has 0 saturated carbocycles. The van der Waals surface area contributed by atoms with Gasteiger partial charge in [0, 0.05) is 22.5 Å². The maximum atomic E-state index is 14.1. The lowest BCUT2D eigenvalue weighted by molar-refractivity contribution is 0.194. The zero-order chi connectivity index (χ0) is 27.1. The lowest BCUT2D eigenvalue weighted by Gasteiger charge is -2.31. The molecule has 0 fully saturated rings. The van der Waals surface area contributed by atoms with Crippen molar-refractivity contribution in [3.63, 3.8) is 0 Å². The Bertz CT molecular complexity index is 1660. The van der Waals surface area contributed by atoms with Crippen LogP contribution in [0.3, 0.4) is 0 Å². The van der Waals surface area contributed by atoms with Gasteiger partial charge in [-0.15, -0.1) is 0 Å². The summed E-state index contributed by atoms with van der Waals surface area (Å²) >= 11 is 6.37. The summed E-state index contributed by atoms with van der Waals surface area (Å²) < 4.78 is 9.52. The number of hydrogen-bond acceptors (Lipinski definition) is 3. The van der Waals surface area contributed by atoms with Gasteiger partial charge in [-0.3, -0.25) is 0 Å². The van der Waals surface area contributed by atoms with Crippen molar-refractivity contribution in [1.82, 2.24) is 19.2 Å². The van der Waals surface area contributed by atoms with E-state index in [2.05, 4.69) is 16.0 Å².